The van der Waals surface area contributed by atoms with Crippen LogP contribution in [0.4, 0.5) is 23.4 Å². The van der Waals surface area contributed by atoms with Gasteiger partial charge in [0.15, 0.2) is 5.69 Å². The molecule has 1 heterocycles. The van der Waals surface area contributed by atoms with Crippen LogP contribution in [0.1, 0.15) is 29.7 Å². The summed E-state index contributed by atoms with van der Waals surface area (Å²) >= 11 is 0. The molecule has 1 aliphatic carbocycles. The first-order valence-corrected chi connectivity index (χ1v) is 7.17. The van der Waals surface area contributed by atoms with E-state index in [0.717, 1.165) is 12.1 Å². The fourth-order valence-corrected chi connectivity index (χ4v) is 2.51. The summed E-state index contributed by atoms with van der Waals surface area (Å²) in [4.78, 5) is 7.85. The summed E-state index contributed by atoms with van der Waals surface area (Å²) in [5, 5.41) is 11.7. The van der Waals surface area contributed by atoms with Gasteiger partial charge >= 0.3 is 6.18 Å². The minimum absolute atomic E-state index is 0.168. The van der Waals surface area contributed by atoms with Crippen LogP contribution >= 0.6 is 0 Å². The Hall–Kier alpha value is -2.69. The minimum atomic E-state index is -4.58. The lowest BCUT2D eigenvalue weighted by molar-refractivity contribution is -0.137. The lowest BCUT2D eigenvalue weighted by Crippen LogP contribution is -2.21. The number of rotatable bonds is 4. The Balaban J connectivity index is 1.79. The average molecular weight is 336 g/mol. The first-order chi connectivity index (χ1) is 11.3. The zero-order chi connectivity index (χ0) is 17.4. The second kappa shape index (κ2) is 5.74. The van der Waals surface area contributed by atoms with Crippen LogP contribution in [0, 0.1) is 17.1 Å². The maximum absolute atomic E-state index is 13.6. The Morgan fingerprint density at radius 1 is 1.17 bits per heavy atom. The molecule has 0 spiro atoms. The number of aromatic nitrogens is 2. The van der Waals surface area contributed by atoms with E-state index in [2.05, 4.69) is 15.3 Å². The summed E-state index contributed by atoms with van der Waals surface area (Å²) in [7, 11) is 0. The molecule has 0 bridgehead atoms. The molecule has 2 aromatic rings. The van der Waals surface area contributed by atoms with Crippen LogP contribution in [0.5, 0.6) is 0 Å². The minimum Gasteiger partial charge on any atom is -0.368 e. The van der Waals surface area contributed by atoms with Crippen molar-refractivity contribution in [3.8, 4) is 6.07 Å². The van der Waals surface area contributed by atoms with Gasteiger partial charge in [0.25, 0.3) is 0 Å². The van der Waals surface area contributed by atoms with Gasteiger partial charge in [-0.05, 0) is 36.6 Å². The van der Waals surface area contributed by atoms with E-state index in [9.17, 15) is 17.6 Å². The average Bonchev–Trinajstić information content (AvgIpc) is 3.33. The molecule has 1 aromatic carbocycles. The van der Waals surface area contributed by atoms with Crippen LogP contribution < -0.4 is 5.32 Å². The van der Waals surface area contributed by atoms with Gasteiger partial charge in [-0.2, -0.15) is 18.4 Å². The monoisotopic (exact) mass is 336 g/mol. The van der Waals surface area contributed by atoms with E-state index in [1.165, 1.54) is 12.4 Å². The molecule has 124 valence electrons. The number of nitrogens with one attached hydrogen (secondary N) is 1. The first-order valence-electron chi connectivity index (χ1n) is 7.17. The number of hydrogen-bond acceptors (Lipinski definition) is 4. The van der Waals surface area contributed by atoms with Crippen molar-refractivity contribution in [2.75, 3.05) is 11.9 Å². The number of nitriles is 1. The number of alkyl halides is 3. The first kappa shape index (κ1) is 16.2. The quantitative estimate of drug-likeness (QED) is 0.866. The van der Waals surface area contributed by atoms with E-state index in [0.29, 0.717) is 36.8 Å². The molecule has 4 nitrogen and oxygen atoms in total. The molecule has 0 atom stereocenters. The van der Waals surface area contributed by atoms with E-state index >= 15 is 0 Å². The molecule has 8 heteroatoms. The van der Waals surface area contributed by atoms with Crippen molar-refractivity contribution >= 4 is 5.82 Å². The van der Waals surface area contributed by atoms with Gasteiger partial charge < -0.3 is 5.32 Å². The van der Waals surface area contributed by atoms with Crippen molar-refractivity contribution in [1.82, 2.24) is 9.97 Å². The van der Waals surface area contributed by atoms with Crippen LogP contribution in [0.25, 0.3) is 0 Å². The van der Waals surface area contributed by atoms with E-state index in [1.807, 2.05) is 6.07 Å². The molecule has 0 amide bonds. The van der Waals surface area contributed by atoms with Gasteiger partial charge in [-0.3, -0.25) is 0 Å². The van der Waals surface area contributed by atoms with Gasteiger partial charge in [-0.15, -0.1) is 0 Å². The predicted octanol–water partition coefficient (Wildman–Crippen LogP) is 3.65. The summed E-state index contributed by atoms with van der Waals surface area (Å²) in [5.74, 6) is -0.489. The molecule has 0 unspecified atom stereocenters. The highest BCUT2D eigenvalue weighted by Crippen LogP contribution is 2.49. The number of halogens is 4. The molecule has 1 N–H and O–H groups in total. The van der Waals surface area contributed by atoms with Crippen LogP contribution in [-0.4, -0.2) is 16.5 Å². The van der Waals surface area contributed by atoms with E-state index in [4.69, 9.17) is 5.26 Å². The molecular weight excluding hydrogens is 324 g/mol. The third-order valence-corrected chi connectivity index (χ3v) is 4.07. The van der Waals surface area contributed by atoms with Crippen molar-refractivity contribution in [2.45, 2.75) is 24.4 Å². The molecule has 0 saturated heterocycles. The SMILES string of the molecule is N#Cc1cnc(NCC2(c3cc(F)cc(C(F)(F)F)c3)CC2)cn1. The van der Waals surface area contributed by atoms with Crippen molar-refractivity contribution in [1.29, 1.82) is 5.26 Å². The second-order valence-electron chi connectivity index (χ2n) is 5.76. The highest BCUT2D eigenvalue weighted by atomic mass is 19.4. The smallest absolute Gasteiger partial charge is 0.368 e. The Kier molecular flexibility index (Phi) is 3.87. The van der Waals surface area contributed by atoms with Crippen molar-refractivity contribution < 1.29 is 17.6 Å². The van der Waals surface area contributed by atoms with Crippen LogP contribution in [0.15, 0.2) is 30.6 Å². The summed E-state index contributed by atoms with van der Waals surface area (Å²) in [5.41, 5.74) is -1.04. The van der Waals surface area contributed by atoms with Crippen molar-refractivity contribution in [2.24, 2.45) is 0 Å². The number of benzene rings is 1. The summed E-state index contributed by atoms with van der Waals surface area (Å²) in [6.45, 7) is 0.314. The van der Waals surface area contributed by atoms with E-state index in [1.54, 1.807) is 0 Å². The molecule has 1 aromatic heterocycles. The third kappa shape index (κ3) is 3.30. The zero-order valence-corrected chi connectivity index (χ0v) is 12.4. The highest BCUT2D eigenvalue weighted by Gasteiger charge is 2.45. The molecule has 1 fully saturated rings. The lowest BCUT2D eigenvalue weighted by atomic mass is 9.94. The Bertz CT molecular complexity index is 789. The van der Waals surface area contributed by atoms with Gasteiger partial charge in [0.05, 0.1) is 18.0 Å². The second-order valence-corrected chi connectivity index (χ2v) is 5.76. The van der Waals surface area contributed by atoms with Gasteiger partial charge in [0, 0.05) is 12.0 Å². The zero-order valence-electron chi connectivity index (χ0n) is 12.4. The molecule has 1 saturated carbocycles. The molecule has 24 heavy (non-hydrogen) atoms. The number of hydrogen-bond donors (Lipinski definition) is 1. The van der Waals surface area contributed by atoms with Crippen LogP contribution in [0.3, 0.4) is 0 Å². The molecule has 1 aliphatic rings. The van der Waals surface area contributed by atoms with Gasteiger partial charge in [0.1, 0.15) is 17.7 Å². The summed E-state index contributed by atoms with van der Waals surface area (Å²) < 4.78 is 52.1. The molecule has 3 rings (SSSR count). The third-order valence-electron chi connectivity index (χ3n) is 4.07. The van der Waals surface area contributed by atoms with E-state index < -0.39 is 23.0 Å². The maximum atomic E-state index is 13.6. The number of nitrogens with zero attached hydrogens (tertiary/aromatic N) is 3. The normalized spacial score (nSPS) is 15.6. The van der Waals surface area contributed by atoms with Crippen LogP contribution in [-0.2, 0) is 11.6 Å². The topological polar surface area (TPSA) is 61.6 Å². The van der Waals surface area contributed by atoms with Crippen LogP contribution in [0.2, 0.25) is 0 Å². The molecule has 0 aliphatic heterocycles. The van der Waals surface area contributed by atoms with Gasteiger partial charge in [-0.25, -0.2) is 14.4 Å². The fourth-order valence-electron chi connectivity index (χ4n) is 2.51. The highest BCUT2D eigenvalue weighted by molar-refractivity contribution is 5.41. The standard InChI is InChI=1S/C16H12F4N4/c17-12-4-10(3-11(5-12)16(18,19)20)15(1-2-15)9-24-14-8-22-13(6-21)7-23-14/h3-5,7-8H,1-2,9H2,(H,23,24). The summed E-state index contributed by atoms with van der Waals surface area (Å²) in [6.07, 6.45) is -0.596. The van der Waals surface area contributed by atoms with Gasteiger partial charge in [-0.1, -0.05) is 0 Å². The number of anilines is 1. The molecule has 0 radical (unpaired) electrons. The fraction of sp³-hybridized carbons (Fsp3) is 0.312. The maximum Gasteiger partial charge on any atom is 0.416 e. The van der Waals surface area contributed by atoms with Crippen molar-refractivity contribution in [3.63, 3.8) is 0 Å². The van der Waals surface area contributed by atoms with Gasteiger partial charge in [0.2, 0.25) is 0 Å². The van der Waals surface area contributed by atoms with Crippen molar-refractivity contribution in [3.05, 3.63) is 53.2 Å². The Labute approximate surface area is 135 Å². The Morgan fingerprint density at radius 3 is 2.46 bits per heavy atom. The summed E-state index contributed by atoms with van der Waals surface area (Å²) in [6, 6.07) is 4.49. The lowest BCUT2D eigenvalue weighted by Gasteiger charge is -2.19. The largest absolute Gasteiger partial charge is 0.416 e. The molecular formula is C16H12F4N4. The predicted molar refractivity (Wildman–Crippen MR) is 77.6 cm³/mol. The van der Waals surface area contributed by atoms with E-state index in [-0.39, 0.29) is 5.69 Å². The Morgan fingerprint density at radius 2 is 1.92 bits per heavy atom.